The lowest BCUT2D eigenvalue weighted by Crippen LogP contribution is -2.59. The summed E-state index contributed by atoms with van der Waals surface area (Å²) < 4.78 is 0. The molecule has 2 aromatic carbocycles. The standard InChI is InChI=1S/C29H37N3O2/c1-21(2)16-26-28(34)32(20-25-18-22(3)17-23(4)19-25)29(30-26)12-14-31(15-13-29)27(33)11-10-24-8-6-5-7-9-24/h5-11,17-19,21,26,30H,12-16,20H2,1-4H3. The molecule has 0 bridgehead atoms. The van der Waals surface area contributed by atoms with Crippen molar-refractivity contribution in [1.82, 2.24) is 15.1 Å². The summed E-state index contributed by atoms with van der Waals surface area (Å²) in [6.07, 6.45) is 5.84. The first kappa shape index (κ1) is 24.2. The number of nitrogens with zero attached hydrogens (tertiary/aromatic N) is 2. The van der Waals surface area contributed by atoms with Gasteiger partial charge in [-0.1, -0.05) is 73.5 Å². The van der Waals surface area contributed by atoms with Crippen LogP contribution in [0.1, 0.15) is 55.4 Å². The lowest BCUT2D eigenvalue weighted by Gasteiger charge is -2.44. The van der Waals surface area contributed by atoms with Crippen LogP contribution in [0, 0.1) is 19.8 Å². The van der Waals surface area contributed by atoms with Crippen molar-refractivity contribution in [3.05, 3.63) is 76.9 Å². The van der Waals surface area contributed by atoms with E-state index in [0.29, 0.717) is 25.6 Å². The number of piperidine rings is 1. The molecular formula is C29H37N3O2. The number of likely N-dealkylation sites (tertiary alicyclic amines) is 1. The van der Waals surface area contributed by atoms with E-state index in [1.54, 1.807) is 6.08 Å². The van der Waals surface area contributed by atoms with E-state index in [4.69, 9.17) is 0 Å². The summed E-state index contributed by atoms with van der Waals surface area (Å²) in [7, 11) is 0. The maximum absolute atomic E-state index is 13.5. The summed E-state index contributed by atoms with van der Waals surface area (Å²) in [5, 5.41) is 3.72. The van der Waals surface area contributed by atoms with E-state index in [9.17, 15) is 9.59 Å². The third-order valence-electron chi connectivity index (χ3n) is 6.97. The largest absolute Gasteiger partial charge is 0.339 e. The molecule has 0 radical (unpaired) electrons. The van der Waals surface area contributed by atoms with Crippen LogP contribution in [-0.4, -0.2) is 46.4 Å². The molecule has 2 aliphatic rings. The number of hydrogen-bond acceptors (Lipinski definition) is 3. The molecule has 2 fully saturated rings. The van der Waals surface area contributed by atoms with Crippen LogP contribution in [0.3, 0.4) is 0 Å². The van der Waals surface area contributed by atoms with E-state index in [2.05, 4.69) is 56.1 Å². The number of nitrogens with one attached hydrogen (secondary N) is 1. The Kier molecular flexibility index (Phi) is 7.22. The van der Waals surface area contributed by atoms with E-state index in [1.807, 2.05) is 41.3 Å². The lowest BCUT2D eigenvalue weighted by atomic mass is 9.94. The predicted molar refractivity (Wildman–Crippen MR) is 137 cm³/mol. The first-order valence-electron chi connectivity index (χ1n) is 12.4. The molecule has 180 valence electrons. The molecule has 1 unspecified atom stereocenters. The molecule has 1 spiro atoms. The minimum atomic E-state index is -0.395. The van der Waals surface area contributed by atoms with Crippen molar-refractivity contribution in [3.8, 4) is 0 Å². The van der Waals surface area contributed by atoms with Crippen molar-refractivity contribution in [2.45, 2.75) is 65.2 Å². The Balaban J connectivity index is 1.50. The van der Waals surface area contributed by atoms with Crippen molar-refractivity contribution in [2.75, 3.05) is 13.1 Å². The smallest absolute Gasteiger partial charge is 0.246 e. The molecule has 1 atom stereocenters. The Hall–Kier alpha value is -2.92. The maximum atomic E-state index is 13.5. The van der Waals surface area contributed by atoms with E-state index in [-0.39, 0.29) is 17.9 Å². The molecule has 2 aliphatic heterocycles. The van der Waals surface area contributed by atoms with Crippen LogP contribution in [0.5, 0.6) is 0 Å². The first-order chi connectivity index (χ1) is 16.3. The fourth-order valence-electron chi connectivity index (χ4n) is 5.41. The third-order valence-corrected chi connectivity index (χ3v) is 6.97. The van der Waals surface area contributed by atoms with Gasteiger partial charge in [-0.2, -0.15) is 0 Å². The molecule has 5 heteroatoms. The van der Waals surface area contributed by atoms with Crippen molar-refractivity contribution < 1.29 is 9.59 Å². The fourth-order valence-corrected chi connectivity index (χ4v) is 5.41. The minimum Gasteiger partial charge on any atom is -0.339 e. The number of carbonyl (C=O) groups excluding carboxylic acids is 2. The highest BCUT2D eigenvalue weighted by molar-refractivity contribution is 5.92. The summed E-state index contributed by atoms with van der Waals surface area (Å²) in [4.78, 5) is 30.3. The quantitative estimate of drug-likeness (QED) is 0.638. The van der Waals surface area contributed by atoms with Crippen LogP contribution >= 0.6 is 0 Å². The van der Waals surface area contributed by atoms with Crippen LogP contribution in [0.4, 0.5) is 0 Å². The molecule has 5 nitrogen and oxygen atoms in total. The van der Waals surface area contributed by atoms with Crippen LogP contribution in [0.15, 0.2) is 54.6 Å². The van der Waals surface area contributed by atoms with E-state index < -0.39 is 5.66 Å². The summed E-state index contributed by atoms with van der Waals surface area (Å²) in [6, 6.07) is 16.2. The van der Waals surface area contributed by atoms with Gasteiger partial charge in [0.1, 0.15) is 0 Å². The van der Waals surface area contributed by atoms with E-state index >= 15 is 0 Å². The first-order valence-corrected chi connectivity index (χ1v) is 12.4. The van der Waals surface area contributed by atoms with Crippen LogP contribution in [-0.2, 0) is 16.1 Å². The molecule has 2 heterocycles. The Morgan fingerprint density at radius 3 is 2.35 bits per heavy atom. The van der Waals surface area contributed by atoms with Gasteiger partial charge in [-0.25, -0.2) is 0 Å². The average Bonchev–Trinajstić information content (AvgIpc) is 3.03. The monoisotopic (exact) mass is 459 g/mol. The van der Waals surface area contributed by atoms with E-state index in [0.717, 1.165) is 24.8 Å². The van der Waals surface area contributed by atoms with Gasteiger partial charge in [0, 0.05) is 38.6 Å². The molecule has 2 amide bonds. The zero-order valence-corrected chi connectivity index (χ0v) is 20.9. The molecular weight excluding hydrogens is 422 g/mol. The molecule has 0 saturated carbocycles. The molecule has 4 rings (SSSR count). The van der Waals surface area contributed by atoms with Gasteiger partial charge < -0.3 is 9.80 Å². The number of benzene rings is 2. The SMILES string of the molecule is Cc1cc(C)cc(CN2C(=O)C(CC(C)C)NC23CCN(C(=O)C=Cc2ccccc2)CC3)c1. The topological polar surface area (TPSA) is 52.7 Å². The maximum Gasteiger partial charge on any atom is 0.246 e. The van der Waals surface area contributed by atoms with Gasteiger partial charge in [-0.05, 0) is 43.4 Å². The van der Waals surface area contributed by atoms with Gasteiger partial charge >= 0.3 is 0 Å². The highest BCUT2D eigenvalue weighted by Gasteiger charge is 2.51. The van der Waals surface area contributed by atoms with Crippen molar-refractivity contribution in [2.24, 2.45) is 5.92 Å². The van der Waals surface area contributed by atoms with Gasteiger partial charge in [0.25, 0.3) is 0 Å². The molecule has 0 aliphatic carbocycles. The van der Waals surface area contributed by atoms with E-state index in [1.165, 1.54) is 16.7 Å². The number of rotatable bonds is 6. The number of hydrogen-bond donors (Lipinski definition) is 1. The summed E-state index contributed by atoms with van der Waals surface area (Å²) >= 11 is 0. The number of carbonyl (C=O) groups is 2. The van der Waals surface area contributed by atoms with Gasteiger partial charge in [-0.15, -0.1) is 0 Å². The lowest BCUT2D eigenvalue weighted by molar-refractivity contribution is -0.136. The minimum absolute atomic E-state index is 0.0302. The second-order valence-electron chi connectivity index (χ2n) is 10.3. The third kappa shape index (κ3) is 5.41. The Morgan fingerprint density at radius 1 is 1.09 bits per heavy atom. The summed E-state index contributed by atoms with van der Waals surface area (Å²) in [5.41, 5.74) is 4.22. The second-order valence-corrected chi connectivity index (χ2v) is 10.3. The number of aryl methyl sites for hydroxylation is 2. The van der Waals surface area contributed by atoms with Gasteiger partial charge in [-0.3, -0.25) is 14.9 Å². The summed E-state index contributed by atoms with van der Waals surface area (Å²) in [6.45, 7) is 10.4. The summed E-state index contributed by atoms with van der Waals surface area (Å²) in [5.74, 6) is 0.656. The Bertz CT molecular complexity index is 1030. The van der Waals surface area contributed by atoms with Gasteiger partial charge in [0.15, 0.2) is 0 Å². The fraction of sp³-hybridized carbons (Fsp3) is 0.448. The molecule has 2 aromatic rings. The second kappa shape index (κ2) is 10.1. The zero-order valence-electron chi connectivity index (χ0n) is 20.9. The predicted octanol–water partition coefficient (Wildman–Crippen LogP) is 4.68. The van der Waals surface area contributed by atoms with Crippen molar-refractivity contribution >= 4 is 17.9 Å². The van der Waals surface area contributed by atoms with Crippen LogP contribution < -0.4 is 5.32 Å². The molecule has 2 saturated heterocycles. The van der Waals surface area contributed by atoms with Crippen molar-refractivity contribution in [1.29, 1.82) is 0 Å². The Labute approximate surface area is 203 Å². The normalized spacial score (nSPS) is 20.1. The van der Waals surface area contributed by atoms with Crippen LogP contribution in [0.25, 0.3) is 6.08 Å². The highest BCUT2D eigenvalue weighted by Crippen LogP contribution is 2.35. The highest BCUT2D eigenvalue weighted by atomic mass is 16.2. The molecule has 34 heavy (non-hydrogen) atoms. The van der Waals surface area contributed by atoms with Crippen LogP contribution in [0.2, 0.25) is 0 Å². The van der Waals surface area contributed by atoms with Crippen molar-refractivity contribution in [3.63, 3.8) is 0 Å². The van der Waals surface area contributed by atoms with Gasteiger partial charge in [0.2, 0.25) is 11.8 Å². The molecule has 1 N–H and O–H groups in total. The average molecular weight is 460 g/mol. The Morgan fingerprint density at radius 2 is 1.74 bits per heavy atom. The zero-order chi connectivity index (χ0) is 24.3. The molecule has 0 aromatic heterocycles. The number of amides is 2. The van der Waals surface area contributed by atoms with Gasteiger partial charge in [0.05, 0.1) is 11.7 Å².